The molecule has 29 heteroatoms. The molecule has 0 unspecified atom stereocenters. The van der Waals surface area contributed by atoms with Crippen LogP contribution in [0.25, 0.3) is 33.9 Å². The number of carbonyl (C=O) groups excluding carboxylic acids is 1. The Morgan fingerprint density at radius 3 is 1.23 bits per heavy atom. The van der Waals surface area contributed by atoms with Crippen molar-refractivity contribution in [3.8, 4) is 33.9 Å². The lowest BCUT2D eigenvalue weighted by atomic mass is 10.1. The number of primary sulfonamides is 1. The third-order valence-electron chi connectivity index (χ3n) is 9.71. The maximum atomic E-state index is 13.4. The van der Waals surface area contributed by atoms with Gasteiger partial charge in [-0.15, -0.1) is 0 Å². The van der Waals surface area contributed by atoms with E-state index in [0.717, 1.165) is 44.8 Å². The minimum absolute atomic E-state index is 0.00712. The Bertz CT molecular complexity index is 3210. The first-order chi connectivity index (χ1) is 34.9. The summed E-state index contributed by atoms with van der Waals surface area (Å²) in [5.41, 5.74) is 1.59. The standard InChI is InChI=1S/C23H25F3N3O6PS.C17H14F3N3O2S.C6H13O5P/c1-4-34-36(31,35-5-2)15-22(30)28-37(32,33)19-12-10-18(11-13-19)29-20(14-21(27-29)23(24,25)26)17-8-6-16(3)7-9-17;1-11-2-4-12(5-3-11)15-10-16(17(18,19)20)22-23(15)13-6-8-14(9-7-13)26(21,24)25;1-3-10-12(9,11-4-2)5-6(7)8/h6-14H,4-5,15H2,1-3H3,(H,28,30);2-10H,1H3,(H2,21,24,25);3-5H2,1-2H3,(H,7,8). The van der Waals surface area contributed by atoms with Crippen LogP contribution in [-0.4, -0.2) is 92.1 Å². The lowest BCUT2D eigenvalue weighted by Crippen LogP contribution is -2.33. The molecule has 0 fully saturated rings. The Morgan fingerprint density at radius 2 is 0.920 bits per heavy atom. The lowest BCUT2D eigenvalue weighted by molar-refractivity contribution is -0.142. The van der Waals surface area contributed by atoms with E-state index in [1.807, 2.05) is 13.8 Å². The molecule has 408 valence electrons. The second kappa shape index (κ2) is 25.7. The van der Waals surface area contributed by atoms with Crippen molar-refractivity contribution in [2.75, 3.05) is 38.8 Å². The van der Waals surface area contributed by atoms with Crippen LogP contribution in [0.3, 0.4) is 0 Å². The summed E-state index contributed by atoms with van der Waals surface area (Å²) in [4.78, 5) is 22.0. The number of nitrogens with zero attached hydrogens (tertiary/aromatic N) is 4. The van der Waals surface area contributed by atoms with E-state index >= 15 is 0 Å². The third-order valence-corrected chi connectivity index (χ3v) is 16.0. The number of carboxylic acid groups (broad SMARTS) is 1. The number of halogens is 6. The second-order valence-corrected chi connectivity index (χ2v) is 22.9. The van der Waals surface area contributed by atoms with Crippen molar-refractivity contribution in [1.29, 1.82) is 0 Å². The van der Waals surface area contributed by atoms with Crippen molar-refractivity contribution < 1.29 is 85.1 Å². The molecule has 0 aliphatic carbocycles. The quantitative estimate of drug-likeness (QED) is 0.0503. The highest BCUT2D eigenvalue weighted by molar-refractivity contribution is 7.90. The number of aromatic nitrogens is 4. The number of rotatable bonds is 19. The molecule has 6 rings (SSSR count). The minimum Gasteiger partial charge on any atom is -0.481 e. The number of carboxylic acids is 1. The molecule has 6 aromatic rings. The molecule has 0 aliphatic rings. The Kier molecular flexibility index (Phi) is 21.1. The van der Waals surface area contributed by atoms with Gasteiger partial charge >= 0.3 is 33.5 Å². The van der Waals surface area contributed by atoms with Gasteiger partial charge in [0, 0.05) is 11.1 Å². The molecule has 0 bridgehead atoms. The minimum atomic E-state index is -4.69. The van der Waals surface area contributed by atoms with Gasteiger partial charge in [0.25, 0.3) is 10.0 Å². The van der Waals surface area contributed by atoms with Gasteiger partial charge in [-0.3, -0.25) is 18.7 Å². The van der Waals surface area contributed by atoms with Gasteiger partial charge in [-0.1, -0.05) is 59.7 Å². The van der Waals surface area contributed by atoms with Crippen LogP contribution in [0.15, 0.2) is 119 Å². The average Bonchev–Trinajstić information content (AvgIpc) is 3.97. The van der Waals surface area contributed by atoms with Crippen molar-refractivity contribution in [2.45, 2.75) is 63.7 Å². The first kappa shape index (κ1) is 61.5. The number of aryl methyl sites for hydroxylation is 2. The molecule has 0 aliphatic heterocycles. The summed E-state index contributed by atoms with van der Waals surface area (Å²) in [6.07, 6.45) is -10.7. The second-order valence-electron chi connectivity index (χ2n) is 15.5. The van der Waals surface area contributed by atoms with Crippen LogP contribution in [0.4, 0.5) is 26.3 Å². The van der Waals surface area contributed by atoms with Gasteiger partial charge in [0.1, 0.15) is 12.3 Å². The Morgan fingerprint density at radius 1 is 0.587 bits per heavy atom. The molecule has 75 heavy (non-hydrogen) atoms. The highest BCUT2D eigenvalue weighted by atomic mass is 32.2. The Labute approximate surface area is 428 Å². The smallest absolute Gasteiger partial charge is 0.435 e. The summed E-state index contributed by atoms with van der Waals surface area (Å²) < 4.78 is 175. The van der Waals surface area contributed by atoms with Crippen LogP contribution in [0.5, 0.6) is 0 Å². The number of carbonyl (C=O) groups is 2. The molecule has 2 aromatic heterocycles. The van der Waals surface area contributed by atoms with Crippen LogP contribution in [0.1, 0.15) is 50.2 Å². The number of amides is 1. The summed E-state index contributed by atoms with van der Waals surface area (Å²) in [5, 5.41) is 20.7. The van der Waals surface area contributed by atoms with Crippen molar-refractivity contribution >= 4 is 47.1 Å². The number of benzene rings is 4. The van der Waals surface area contributed by atoms with E-state index in [0.29, 0.717) is 11.1 Å². The monoisotopic (exact) mass is 1140 g/mol. The zero-order valence-electron chi connectivity index (χ0n) is 40.8. The summed E-state index contributed by atoms with van der Waals surface area (Å²) in [6.45, 7) is 10.4. The number of nitrogens with two attached hydrogens (primary N) is 1. The van der Waals surface area contributed by atoms with Crippen molar-refractivity contribution in [3.05, 3.63) is 132 Å². The van der Waals surface area contributed by atoms with Crippen molar-refractivity contribution in [2.24, 2.45) is 5.14 Å². The largest absolute Gasteiger partial charge is 0.481 e. The summed E-state index contributed by atoms with van der Waals surface area (Å²) in [7, 11) is -15.5. The molecule has 1 amide bonds. The number of alkyl halides is 6. The van der Waals surface area contributed by atoms with Crippen LogP contribution < -0.4 is 9.86 Å². The van der Waals surface area contributed by atoms with Crippen LogP contribution >= 0.6 is 15.2 Å². The molecule has 2 heterocycles. The van der Waals surface area contributed by atoms with Crippen LogP contribution in [0.2, 0.25) is 0 Å². The lowest BCUT2D eigenvalue weighted by Gasteiger charge is -2.16. The molecule has 19 nitrogen and oxygen atoms in total. The molecule has 0 atom stereocenters. The summed E-state index contributed by atoms with van der Waals surface area (Å²) in [6, 6.07) is 25.5. The van der Waals surface area contributed by atoms with Crippen LogP contribution in [0, 0.1) is 13.8 Å². The zero-order chi connectivity index (χ0) is 56.2. The van der Waals surface area contributed by atoms with E-state index in [1.165, 1.54) is 36.4 Å². The normalized spacial score (nSPS) is 12.3. The topological polar surface area (TPSA) is 267 Å². The number of sulfonamides is 2. The maximum Gasteiger partial charge on any atom is 0.435 e. The van der Waals surface area contributed by atoms with Gasteiger partial charge in [-0.25, -0.2) is 36.1 Å². The fourth-order valence-corrected chi connectivity index (χ4v) is 10.9. The van der Waals surface area contributed by atoms with E-state index in [9.17, 15) is 61.9 Å². The molecule has 0 spiro atoms. The van der Waals surface area contributed by atoms with E-state index in [-0.39, 0.29) is 59.0 Å². The number of nitrogens with one attached hydrogen (secondary N) is 1. The molecule has 0 saturated heterocycles. The van der Waals surface area contributed by atoms with E-state index in [4.69, 9.17) is 28.3 Å². The first-order valence-electron chi connectivity index (χ1n) is 22.1. The highest BCUT2D eigenvalue weighted by Crippen LogP contribution is 2.48. The fraction of sp³-hybridized carbons (Fsp3) is 0.304. The maximum absolute atomic E-state index is 13.4. The van der Waals surface area contributed by atoms with E-state index in [1.54, 1.807) is 80.9 Å². The van der Waals surface area contributed by atoms with Gasteiger partial charge < -0.3 is 23.2 Å². The van der Waals surface area contributed by atoms with Crippen molar-refractivity contribution in [3.63, 3.8) is 0 Å². The number of hydrogen-bond acceptors (Lipinski definition) is 14. The van der Waals surface area contributed by atoms with E-state index < -0.39 is 83.2 Å². The molecule has 0 radical (unpaired) electrons. The van der Waals surface area contributed by atoms with Crippen molar-refractivity contribution in [1.82, 2.24) is 24.3 Å². The molecule has 4 aromatic carbocycles. The van der Waals surface area contributed by atoms with Gasteiger partial charge in [0.05, 0.1) is 59.0 Å². The fourth-order valence-electron chi connectivity index (χ4n) is 6.46. The molecular formula is C46H52F6N6O13P2S2. The third kappa shape index (κ3) is 17.8. The highest BCUT2D eigenvalue weighted by Gasteiger charge is 2.37. The van der Waals surface area contributed by atoms with E-state index in [2.05, 4.69) is 10.2 Å². The number of hydrogen-bond donors (Lipinski definition) is 3. The van der Waals surface area contributed by atoms with Gasteiger partial charge in [-0.2, -0.15) is 36.5 Å². The summed E-state index contributed by atoms with van der Waals surface area (Å²) >= 11 is 0. The average molecular weight is 1140 g/mol. The van der Waals surface area contributed by atoms with Gasteiger partial charge in [0.15, 0.2) is 11.4 Å². The molecule has 0 saturated carbocycles. The van der Waals surface area contributed by atoms with Crippen LogP contribution in [-0.2, 0) is 69.2 Å². The molecular weight excluding hydrogens is 1080 g/mol. The number of aliphatic carboxylic acids is 1. The Balaban J connectivity index is 0.000000276. The van der Waals surface area contributed by atoms with Gasteiger partial charge in [0.2, 0.25) is 15.9 Å². The summed E-state index contributed by atoms with van der Waals surface area (Å²) in [5.74, 6) is -2.28. The molecule has 4 N–H and O–H groups in total. The SMILES string of the molecule is CCOP(=O)(CC(=O)NS(=O)(=O)c1ccc(-n2nc(C(F)(F)F)cc2-c2ccc(C)cc2)cc1)OCC.CCOP(=O)(CC(=O)O)OCC.Cc1ccc(-c2cc(C(F)(F)F)nn2-c2ccc(S(N)(=O)=O)cc2)cc1. The first-order valence-corrected chi connectivity index (χ1v) is 28.6. The predicted octanol–water partition coefficient (Wildman–Crippen LogP) is 9.79. The van der Waals surface area contributed by atoms with Gasteiger partial charge in [-0.05, 0) is 102 Å². The predicted molar refractivity (Wildman–Crippen MR) is 263 cm³/mol. The zero-order valence-corrected chi connectivity index (χ0v) is 44.2. The Hall–Kier alpha value is -6.02.